The lowest BCUT2D eigenvalue weighted by Gasteiger charge is -2.17. The van der Waals surface area contributed by atoms with Gasteiger partial charge in [0.1, 0.15) is 6.54 Å². The first-order chi connectivity index (χ1) is 10.0. The number of aryl methyl sites for hydroxylation is 3. The molecule has 1 fully saturated rings. The fourth-order valence-corrected chi connectivity index (χ4v) is 3.06. The highest BCUT2D eigenvalue weighted by Crippen LogP contribution is 2.27. The molecule has 0 bridgehead atoms. The lowest BCUT2D eigenvalue weighted by atomic mass is 10.0. The number of rotatable bonds is 3. The Labute approximate surface area is 124 Å². The van der Waals surface area contributed by atoms with Crippen LogP contribution in [0.3, 0.4) is 0 Å². The van der Waals surface area contributed by atoms with Crippen molar-refractivity contribution in [3.8, 4) is 0 Å². The molecular formula is C15H21N5O. The van der Waals surface area contributed by atoms with Gasteiger partial charge < -0.3 is 4.90 Å². The number of amides is 1. The molecule has 0 unspecified atom stereocenters. The molecule has 6 nitrogen and oxygen atoms in total. The minimum absolute atomic E-state index is 0.140. The summed E-state index contributed by atoms with van der Waals surface area (Å²) >= 11 is 0. The molecule has 1 saturated heterocycles. The Hall–Kier alpha value is -2.11. The van der Waals surface area contributed by atoms with E-state index in [-0.39, 0.29) is 5.91 Å². The molecule has 0 aromatic carbocycles. The number of carbonyl (C=O) groups is 1. The number of nitrogens with one attached hydrogen (secondary N) is 1. The van der Waals surface area contributed by atoms with Crippen LogP contribution in [0.1, 0.15) is 35.0 Å². The highest BCUT2D eigenvalue weighted by atomic mass is 16.2. The van der Waals surface area contributed by atoms with Crippen LogP contribution in [-0.4, -0.2) is 43.9 Å². The van der Waals surface area contributed by atoms with Gasteiger partial charge in [-0.1, -0.05) is 0 Å². The predicted molar refractivity (Wildman–Crippen MR) is 79.0 cm³/mol. The van der Waals surface area contributed by atoms with Gasteiger partial charge in [0.15, 0.2) is 0 Å². The summed E-state index contributed by atoms with van der Waals surface area (Å²) in [6, 6.07) is 1.99. The molecule has 1 amide bonds. The number of aromatic amines is 1. The first kappa shape index (κ1) is 13.9. The van der Waals surface area contributed by atoms with Crippen LogP contribution < -0.4 is 0 Å². The summed E-state index contributed by atoms with van der Waals surface area (Å²) in [5, 5.41) is 11.5. The Morgan fingerprint density at radius 2 is 2.24 bits per heavy atom. The molecule has 2 aromatic rings. The maximum atomic E-state index is 12.4. The monoisotopic (exact) mass is 287 g/mol. The first-order valence-electron chi connectivity index (χ1n) is 7.33. The molecule has 1 N–H and O–H groups in total. The molecule has 0 aliphatic carbocycles. The number of likely N-dealkylation sites (tertiary alicyclic amines) is 1. The molecule has 0 saturated carbocycles. The average Bonchev–Trinajstić information content (AvgIpc) is 3.11. The highest BCUT2D eigenvalue weighted by Gasteiger charge is 2.29. The third-order valence-electron chi connectivity index (χ3n) is 4.21. The Morgan fingerprint density at radius 3 is 2.86 bits per heavy atom. The van der Waals surface area contributed by atoms with Gasteiger partial charge in [-0.2, -0.15) is 10.2 Å². The molecule has 21 heavy (non-hydrogen) atoms. The minimum Gasteiger partial charge on any atom is -0.340 e. The summed E-state index contributed by atoms with van der Waals surface area (Å²) in [5.74, 6) is 0.512. The molecule has 0 radical (unpaired) electrons. The van der Waals surface area contributed by atoms with Crippen molar-refractivity contribution in [1.82, 2.24) is 24.9 Å². The van der Waals surface area contributed by atoms with E-state index < -0.39 is 0 Å². The molecule has 3 heterocycles. The number of H-pyrrole nitrogens is 1. The van der Waals surface area contributed by atoms with Crippen LogP contribution in [0.5, 0.6) is 0 Å². The zero-order valence-corrected chi connectivity index (χ0v) is 12.8. The van der Waals surface area contributed by atoms with Gasteiger partial charge in [-0.3, -0.25) is 14.6 Å². The fraction of sp³-hybridized carbons (Fsp3) is 0.533. The molecule has 1 atom stereocenters. The molecule has 2 aromatic heterocycles. The summed E-state index contributed by atoms with van der Waals surface area (Å²) in [6.45, 7) is 7.88. The summed E-state index contributed by atoms with van der Waals surface area (Å²) in [4.78, 5) is 14.3. The van der Waals surface area contributed by atoms with Gasteiger partial charge in [0.2, 0.25) is 5.91 Å². The van der Waals surface area contributed by atoms with Crippen molar-refractivity contribution in [2.45, 2.75) is 39.7 Å². The van der Waals surface area contributed by atoms with Gasteiger partial charge in [-0.25, -0.2) is 0 Å². The Balaban J connectivity index is 1.65. The van der Waals surface area contributed by atoms with Gasteiger partial charge in [0.05, 0.1) is 11.9 Å². The van der Waals surface area contributed by atoms with Crippen molar-refractivity contribution in [2.24, 2.45) is 0 Å². The number of nitrogens with zero attached hydrogens (tertiary/aromatic N) is 4. The fourth-order valence-electron chi connectivity index (χ4n) is 3.06. The van der Waals surface area contributed by atoms with Crippen LogP contribution in [0.2, 0.25) is 0 Å². The van der Waals surface area contributed by atoms with Crippen molar-refractivity contribution in [2.75, 3.05) is 13.1 Å². The van der Waals surface area contributed by atoms with Crippen molar-refractivity contribution in [3.05, 3.63) is 34.9 Å². The normalized spacial score (nSPS) is 18.4. The van der Waals surface area contributed by atoms with Gasteiger partial charge in [-0.05, 0) is 38.8 Å². The largest absolute Gasteiger partial charge is 0.340 e. The molecule has 3 rings (SSSR count). The van der Waals surface area contributed by atoms with E-state index in [9.17, 15) is 4.79 Å². The maximum absolute atomic E-state index is 12.4. The standard InChI is InChI=1S/C15H21N5O/c1-10-7-16-17-15(10)13-4-5-19(8-13)14(21)9-20-12(3)6-11(2)18-20/h6-7,13H,4-5,8-9H2,1-3H3,(H,16,17)/t13-/m0/s1. The lowest BCUT2D eigenvalue weighted by Crippen LogP contribution is -2.32. The average molecular weight is 287 g/mol. The number of hydrogen-bond acceptors (Lipinski definition) is 3. The van der Waals surface area contributed by atoms with Crippen LogP contribution in [-0.2, 0) is 11.3 Å². The summed E-state index contributed by atoms with van der Waals surface area (Å²) in [6.07, 6.45) is 2.83. The molecule has 1 aliphatic heterocycles. The first-order valence-corrected chi connectivity index (χ1v) is 7.33. The van der Waals surface area contributed by atoms with Gasteiger partial charge >= 0.3 is 0 Å². The molecule has 1 aliphatic rings. The summed E-state index contributed by atoms with van der Waals surface area (Å²) in [5.41, 5.74) is 4.32. The van der Waals surface area contributed by atoms with Crippen LogP contribution in [0.4, 0.5) is 0 Å². The van der Waals surface area contributed by atoms with Crippen LogP contribution in [0, 0.1) is 20.8 Å². The van der Waals surface area contributed by atoms with Crippen LogP contribution in [0.25, 0.3) is 0 Å². The van der Waals surface area contributed by atoms with Gasteiger partial charge in [0.25, 0.3) is 0 Å². The second kappa shape index (κ2) is 5.35. The smallest absolute Gasteiger partial charge is 0.244 e. The van der Waals surface area contributed by atoms with E-state index in [1.54, 1.807) is 4.68 Å². The molecular weight excluding hydrogens is 266 g/mol. The zero-order valence-electron chi connectivity index (χ0n) is 12.8. The van der Waals surface area contributed by atoms with E-state index in [4.69, 9.17) is 0 Å². The van der Waals surface area contributed by atoms with E-state index in [0.29, 0.717) is 12.5 Å². The third-order valence-corrected chi connectivity index (χ3v) is 4.21. The van der Waals surface area contributed by atoms with Crippen molar-refractivity contribution < 1.29 is 4.79 Å². The van der Waals surface area contributed by atoms with E-state index >= 15 is 0 Å². The Morgan fingerprint density at radius 1 is 1.43 bits per heavy atom. The minimum atomic E-state index is 0.140. The SMILES string of the molecule is Cc1cc(C)n(CC(=O)N2CC[C@H](c3[nH]ncc3C)C2)n1. The van der Waals surface area contributed by atoms with Crippen LogP contribution >= 0.6 is 0 Å². The molecule has 112 valence electrons. The number of carbonyl (C=O) groups excluding carboxylic acids is 1. The lowest BCUT2D eigenvalue weighted by molar-refractivity contribution is -0.131. The Bertz CT molecular complexity index is 657. The zero-order chi connectivity index (χ0) is 15.0. The van der Waals surface area contributed by atoms with E-state index in [0.717, 1.165) is 36.6 Å². The van der Waals surface area contributed by atoms with E-state index in [1.165, 1.54) is 5.56 Å². The van der Waals surface area contributed by atoms with Gasteiger partial charge in [0, 0.05) is 30.4 Å². The molecule has 6 heteroatoms. The number of hydrogen-bond donors (Lipinski definition) is 1. The summed E-state index contributed by atoms with van der Waals surface area (Å²) < 4.78 is 1.78. The quantitative estimate of drug-likeness (QED) is 0.931. The van der Waals surface area contributed by atoms with Crippen molar-refractivity contribution >= 4 is 5.91 Å². The highest BCUT2D eigenvalue weighted by molar-refractivity contribution is 5.76. The molecule has 0 spiro atoms. The Kier molecular flexibility index (Phi) is 3.53. The topological polar surface area (TPSA) is 66.8 Å². The van der Waals surface area contributed by atoms with Crippen molar-refractivity contribution in [1.29, 1.82) is 0 Å². The third kappa shape index (κ3) is 2.70. The summed E-state index contributed by atoms with van der Waals surface area (Å²) in [7, 11) is 0. The van der Waals surface area contributed by atoms with Gasteiger partial charge in [-0.15, -0.1) is 0 Å². The number of aromatic nitrogens is 4. The van der Waals surface area contributed by atoms with Crippen molar-refractivity contribution in [3.63, 3.8) is 0 Å². The maximum Gasteiger partial charge on any atom is 0.244 e. The predicted octanol–water partition coefficient (Wildman–Crippen LogP) is 1.55. The van der Waals surface area contributed by atoms with Crippen LogP contribution in [0.15, 0.2) is 12.3 Å². The van der Waals surface area contributed by atoms with E-state index in [1.807, 2.05) is 31.0 Å². The second-order valence-corrected chi connectivity index (χ2v) is 5.88. The second-order valence-electron chi connectivity index (χ2n) is 5.88. The van der Waals surface area contributed by atoms with E-state index in [2.05, 4.69) is 22.2 Å².